The fraction of sp³-hybridized carbons (Fsp3) is 0.273. The molecule has 3 nitrogen and oxygen atoms in total. The van der Waals surface area contributed by atoms with E-state index in [1.807, 2.05) is 0 Å². The van der Waals surface area contributed by atoms with Crippen LogP contribution in [0.5, 0.6) is 0 Å². The van der Waals surface area contributed by atoms with Gasteiger partial charge in [-0.05, 0) is 24.5 Å². The van der Waals surface area contributed by atoms with Crippen LogP contribution >= 0.6 is 0 Å². The Balaban J connectivity index is 2.34. The third-order valence-corrected chi connectivity index (χ3v) is 2.80. The average Bonchev–Trinajstić information content (AvgIpc) is 2.65. The van der Waals surface area contributed by atoms with E-state index < -0.39 is 0 Å². The molecule has 0 saturated carbocycles. The van der Waals surface area contributed by atoms with Crippen LogP contribution in [0.15, 0.2) is 24.5 Å². The van der Waals surface area contributed by atoms with Crippen molar-refractivity contribution in [1.29, 1.82) is 0 Å². The zero-order valence-electron chi connectivity index (χ0n) is 8.07. The van der Waals surface area contributed by atoms with Gasteiger partial charge in [0.2, 0.25) is 0 Å². The molecule has 2 aromatic rings. The summed E-state index contributed by atoms with van der Waals surface area (Å²) < 4.78 is 2.11. The number of aryl methyl sites for hydroxylation is 3. The van der Waals surface area contributed by atoms with E-state index in [2.05, 4.69) is 39.9 Å². The molecule has 3 heteroatoms. The minimum atomic E-state index is 0.996. The predicted molar refractivity (Wildman–Crippen MR) is 53.5 cm³/mol. The van der Waals surface area contributed by atoms with Crippen LogP contribution in [0.3, 0.4) is 0 Å². The highest BCUT2D eigenvalue weighted by Crippen LogP contribution is 2.25. The van der Waals surface area contributed by atoms with Crippen LogP contribution in [0.25, 0.3) is 5.69 Å². The summed E-state index contributed by atoms with van der Waals surface area (Å²) in [5.74, 6) is 1.08. The van der Waals surface area contributed by atoms with Gasteiger partial charge in [-0.25, -0.2) is 0 Å². The van der Waals surface area contributed by atoms with Gasteiger partial charge in [0, 0.05) is 6.42 Å². The normalized spacial score (nSPS) is 13.5. The van der Waals surface area contributed by atoms with Crippen molar-refractivity contribution in [2.45, 2.75) is 19.8 Å². The molecule has 1 aromatic carbocycles. The second-order valence-corrected chi connectivity index (χ2v) is 3.70. The zero-order chi connectivity index (χ0) is 9.54. The molecular formula is C11H11N3. The van der Waals surface area contributed by atoms with E-state index in [9.17, 15) is 0 Å². The number of hydrogen-bond donors (Lipinski definition) is 0. The van der Waals surface area contributed by atoms with E-state index >= 15 is 0 Å². The van der Waals surface area contributed by atoms with E-state index in [0.717, 1.165) is 18.7 Å². The highest BCUT2D eigenvalue weighted by molar-refractivity contribution is 5.50. The van der Waals surface area contributed by atoms with Crippen LogP contribution in [-0.4, -0.2) is 14.8 Å². The van der Waals surface area contributed by atoms with Gasteiger partial charge in [0.05, 0.1) is 5.69 Å². The molecule has 0 saturated heterocycles. The topological polar surface area (TPSA) is 30.7 Å². The van der Waals surface area contributed by atoms with Crippen molar-refractivity contribution in [2.75, 3.05) is 0 Å². The van der Waals surface area contributed by atoms with Gasteiger partial charge in [-0.1, -0.05) is 18.2 Å². The molecule has 0 aliphatic carbocycles. The first-order valence-corrected chi connectivity index (χ1v) is 4.84. The lowest BCUT2D eigenvalue weighted by atomic mass is 10.00. The zero-order valence-corrected chi connectivity index (χ0v) is 8.07. The second kappa shape index (κ2) is 2.67. The summed E-state index contributed by atoms with van der Waals surface area (Å²) in [5.41, 5.74) is 3.97. The lowest BCUT2D eigenvalue weighted by Gasteiger charge is -2.19. The molecular weight excluding hydrogens is 174 g/mol. The van der Waals surface area contributed by atoms with E-state index in [1.165, 1.54) is 16.8 Å². The van der Waals surface area contributed by atoms with Crippen molar-refractivity contribution in [2.24, 2.45) is 0 Å². The molecule has 1 aliphatic heterocycles. The van der Waals surface area contributed by atoms with E-state index in [4.69, 9.17) is 0 Å². The fourth-order valence-corrected chi connectivity index (χ4v) is 2.13. The Morgan fingerprint density at radius 1 is 1.29 bits per heavy atom. The quantitative estimate of drug-likeness (QED) is 0.625. The highest BCUT2D eigenvalue weighted by Gasteiger charge is 2.17. The Bertz CT molecular complexity index is 485. The maximum atomic E-state index is 4.11. The lowest BCUT2D eigenvalue weighted by Crippen LogP contribution is -2.12. The SMILES string of the molecule is Cc1cccc2c1-n1cnnc1CC2. The Morgan fingerprint density at radius 2 is 2.21 bits per heavy atom. The van der Waals surface area contributed by atoms with Crippen LogP contribution in [-0.2, 0) is 12.8 Å². The summed E-state index contributed by atoms with van der Waals surface area (Å²) in [5, 5.41) is 8.07. The summed E-state index contributed by atoms with van der Waals surface area (Å²) >= 11 is 0. The second-order valence-electron chi connectivity index (χ2n) is 3.70. The smallest absolute Gasteiger partial charge is 0.137 e. The van der Waals surface area contributed by atoms with Crippen molar-refractivity contribution in [3.05, 3.63) is 41.5 Å². The summed E-state index contributed by atoms with van der Waals surface area (Å²) in [6.45, 7) is 2.13. The van der Waals surface area contributed by atoms with Crippen molar-refractivity contribution in [3.63, 3.8) is 0 Å². The molecule has 1 aromatic heterocycles. The van der Waals surface area contributed by atoms with E-state index in [1.54, 1.807) is 6.33 Å². The van der Waals surface area contributed by atoms with Crippen LogP contribution < -0.4 is 0 Å². The van der Waals surface area contributed by atoms with Gasteiger partial charge in [0.1, 0.15) is 12.2 Å². The van der Waals surface area contributed by atoms with Crippen molar-refractivity contribution in [3.8, 4) is 5.69 Å². The van der Waals surface area contributed by atoms with Crippen LogP contribution in [0.4, 0.5) is 0 Å². The molecule has 0 fully saturated rings. The van der Waals surface area contributed by atoms with Crippen molar-refractivity contribution in [1.82, 2.24) is 14.8 Å². The molecule has 0 radical (unpaired) electrons. The lowest BCUT2D eigenvalue weighted by molar-refractivity contribution is 0.770. The third kappa shape index (κ3) is 0.923. The average molecular weight is 185 g/mol. The van der Waals surface area contributed by atoms with E-state index in [-0.39, 0.29) is 0 Å². The molecule has 0 N–H and O–H groups in total. The highest BCUT2D eigenvalue weighted by atomic mass is 15.3. The molecule has 14 heavy (non-hydrogen) atoms. The molecule has 0 unspecified atom stereocenters. The fourth-order valence-electron chi connectivity index (χ4n) is 2.13. The molecule has 0 spiro atoms. The number of fused-ring (bicyclic) bond motifs is 3. The summed E-state index contributed by atoms with van der Waals surface area (Å²) in [7, 11) is 0. The maximum absolute atomic E-state index is 4.11. The number of para-hydroxylation sites is 1. The first kappa shape index (κ1) is 7.74. The first-order valence-electron chi connectivity index (χ1n) is 4.84. The summed E-state index contributed by atoms with van der Waals surface area (Å²) in [6.07, 6.45) is 3.88. The molecule has 0 atom stereocenters. The molecule has 2 heterocycles. The monoisotopic (exact) mass is 185 g/mol. The Kier molecular flexibility index (Phi) is 1.48. The Morgan fingerprint density at radius 3 is 3.14 bits per heavy atom. The van der Waals surface area contributed by atoms with Crippen LogP contribution in [0.1, 0.15) is 17.0 Å². The molecule has 0 amide bonds. The molecule has 70 valence electrons. The van der Waals surface area contributed by atoms with Crippen LogP contribution in [0.2, 0.25) is 0 Å². The standard InChI is InChI=1S/C11H11N3/c1-8-3-2-4-9-5-6-10-13-12-7-14(10)11(8)9/h2-4,7H,5-6H2,1H3. The summed E-state index contributed by atoms with van der Waals surface area (Å²) in [6, 6.07) is 6.43. The third-order valence-electron chi connectivity index (χ3n) is 2.80. The number of aromatic nitrogens is 3. The van der Waals surface area contributed by atoms with Crippen molar-refractivity contribution >= 4 is 0 Å². The Labute approximate surface area is 82.4 Å². The first-order chi connectivity index (χ1) is 6.86. The van der Waals surface area contributed by atoms with Gasteiger partial charge in [-0.15, -0.1) is 10.2 Å². The number of benzene rings is 1. The van der Waals surface area contributed by atoms with Crippen LogP contribution in [0, 0.1) is 6.92 Å². The van der Waals surface area contributed by atoms with Gasteiger partial charge in [-0.3, -0.25) is 4.57 Å². The van der Waals surface area contributed by atoms with Gasteiger partial charge in [0.15, 0.2) is 0 Å². The summed E-state index contributed by atoms with van der Waals surface area (Å²) in [4.78, 5) is 0. The Hall–Kier alpha value is -1.64. The largest absolute Gasteiger partial charge is 0.285 e. The molecule has 0 bridgehead atoms. The van der Waals surface area contributed by atoms with E-state index in [0.29, 0.717) is 0 Å². The maximum Gasteiger partial charge on any atom is 0.137 e. The van der Waals surface area contributed by atoms with Crippen molar-refractivity contribution < 1.29 is 0 Å². The predicted octanol–water partition coefficient (Wildman–Crippen LogP) is 1.67. The molecule has 3 rings (SSSR count). The molecule has 1 aliphatic rings. The number of hydrogen-bond acceptors (Lipinski definition) is 2. The van der Waals surface area contributed by atoms with Gasteiger partial charge in [-0.2, -0.15) is 0 Å². The number of rotatable bonds is 0. The van der Waals surface area contributed by atoms with Gasteiger partial charge < -0.3 is 0 Å². The number of nitrogens with zero attached hydrogens (tertiary/aromatic N) is 3. The minimum absolute atomic E-state index is 0.996. The van der Waals surface area contributed by atoms with Gasteiger partial charge in [0.25, 0.3) is 0 Å². The van der Waals surface area contributed by atoms with Gasteiger partial charge >= 0.3 is 0 Å². The minimum Gasteiger partial charge on any atom is -0.285 e.